The third-order valence-corrected chi connectivity index (χ3v) is 4.77. The molecule has 1 heterocycles. The van der Waals surface area contributed by atoms with E-state index in [4.69, 9.17) is 13.3 Å². The first-order valence-corrected chi connectivity index (χ1v) is 11.2. The highest BCUT2D eigenvalue weighted by Crippen LogP contribution is 2.33. The lowest BCUT2D eigenvalue weighted by molar-refractivity contribution is -0.242. The van der Waals surface area contributed by atoms with Crippen LogP contribution in [-0.2, 0) is 18.1 Å². The van der Waals surface area contributed by atoms with Crippen LogP contribution in [0.4, 0.5) is 0 Å². The summed E-state index contributed by atoms with van der Waals surface area (Å²) in [5.41, 5.74) is 0. The molecule has 0 N–H and O–H groups in total. The summed E-state index contributed by atoms with van der Waals surface area (Å²) in [5, 5.41) is 0. The molecule has 1 aliphatic heterocycles. The lowest BCUT2D eigenvalue weighted by atomic mass is 9.84. The SMILES string of the molecule is CC(=O)OC1[C@H]([O][AlH][I])OC(C)[C@H](C)[C@@H]1C. The maximum absolute atomic E-state index is 11.1. The van der Waals surface area contributed by atoms with Crippen molar-refractivity contribution in [1.29, 1.82) is 0 Å². The van der Waals surface area contributed by atoms with Crippen LogP contribution in [0.3, 0.4) is 0 Å². The van der Waals surface area contributed by atoms with Crippen molar-refractivity contribution in [2.24, 2.45) is 11.8 Å². The summed E-state index contributed by atoms with van der Waals surface area (Å²) < 4.78 is 16.7. The summed E-state index contributed by atoms with van der Waals surface area (Å²) in [7, 11) is 0. The number of carbonyl (C=O) groups excluding carboxylic acids is 1. The molecule has 0 bridgehead atoms. The van der Waals surface area contributed by atoms with Crippen LogP contribution in [0.1, 0.15) is 27.7 Å². The molecule has 92 valence electrons. The van der Waals surface area contributed by atoms with Crippen LogP contribution >= 0.6 is 20.3 Å². The monoisotopic (exact) mass is 356 g/mol. The van der Waals surface area contributed by atoms with E-state index < -0.39 is 12.3 Å². The second-order valence-corrected chi connectivity index (χ2v) is 6.70. The summed E-state index contributed by atoms with van der Waals surface area (Å²) >= 11 is 1.64. The van der Waals surface area contributed by atoms with E-state index in [1.807, 2.05) is 6.92 Å². The highest BCUT2D eigenvalue weighted by Gasteiger charge is 2.41. The molecule has 0 saturated carbocycles. The van der Waals surface area contributed by atoms with Gasteiger partial charge in [0.2, 0.25) is 0 Å². The van der Waals surface area contributed by atoms with Gasteiger partial charge in [-0.15, -0.1) is 0 Å². The van der Waals surface area contributed by atoms with Crippen LogP contribution in [0.15, 0.2) is 0 Å². The summed E-state index contributed by atoms with van der Waals surface area (Å²) in [6.45, 7) is 7.66. The van der Waals surface area contributed by atoms with Gasteiger partial charge in [0.25, 0.3) is 0 Å². The van der Waals surface area contributed by atoms with Crippen molar-refractivity contribution in [3.05, 3.63) is 0 Å². The Kier molecular flexibility index (Phi) is 6.02. The summed E-state index contributed by atoms with van der Waals surface area (Å²) in [5.74, 6) is 0.348. The molecule has 0 amide bonds. The van der Waals surface area contributed by atoms with Crippen molar-refractivity contribution in [1.82, 2.24) is 0 Å². The van der Waals surface area contributed by atoms with E-state index in [0.717, 1.165) is 0 Å². The Morgan fingerprint density at radius 1 is 1.31 bits per heavy atom. The fraction of sp³-hybridized carbons (Fsp3) is 0.900. The molecule has 0 aliphatic carbocycles. The number of halogens is 1. The number of esters is 1. The third-order valence-electron chi connectivity index (χ3n) is 3.23. The number of carbonyl (C=O) groups is 1. The van der Waals surface area contributed by atoms with E-state index in [9.17, 15) is 4.79 Å². The molecule has 1 fully saturated rings. The number of hydrogen-bond donors (Lipinski definition) is 0. The standard InChI is InChI=1S/C10H17O4.Al.HI.H/c1-5-6(2)9(14-8(4)11)10(12)13-7(5)3;;;/h5-7,9-10H,1-4H3;;1H;/q-1;+2;;/p-1/t5-,6+,7?,9?,10-;;;/m1.../s1. The van der Waals surface area contributed by atoms with E-state index in [2.05, 4.69) is 34.1 Å². The molecule has 4 nitrogen and oxygen atoms in total. The maximum Gasteiger partial charge on any atom is 0.527 e. The van der Waals surface area contributed by atoms with E-state index in [0.29, 0.717) is 5.92 Å². The zero-order valence-electron chi connectivity index (χ0n) is 10.1. The third kappa shape index (κ3) is 3.57. The van der Waals surface area contributed by atoms with Gasteiger partial charge in [-0.25, -0.2) is 0 Å². The van der Waals surface area contributed by atoms with Gasteiger partial charge < -0.3 is 13.3 Å². The lowest BCUT2D eigenvalue weighted by Crippen LogP contribution is -2.51. The maximum atomic E-state index is 11.1. The Balaban J connectivity index is 2.75. The fourth-order valence-corrected chi connectivity index (χ4v) is 3.39. The van der Waals surface area contributed by atoms with Crippen molar-refractivity contribution in [3.63, 3.8) is 0 Å². The van der Waals surface area contributed by atoms with E-state index >= 15 is 0 Å². The molecule has 0 aromatic carbocycles. The molecule has 0 aromatic rings. The predicted molar refractivity (Wildman–Crippen MR) is 70.5 cm³/mol. The van der Waals surface area contributed by atoms with Gasteiger partial charge in [0, 0.05) is 12.8 Å². The number of rotatable bonds is 3. The molecule has 16 heavy (non-hydrogen) atoms. The molecule has 0 aromatic heterocycles. The van der Waals surface area contributed by atoms with Crippen molar-refractivity contribution < 1.29 is 18.1 Å². The second-order valence-electron chi connectivity index (χ2n) is 4.28. The topological polar surface area (TPSA) is 44.8 Å². The Hall–Kier alpha value is 0.652. The molecular weight excluding hydrogens is 338 g/mol. The van der Waals surface area contributed by atoms with Crippen LogP contribution in [0.5, 0.6) is 0 Å². The Morgan fingerprint density at radius 2 is 1.94 bits per heavy atom. The molecule has 5 atom stereocenters. The van der Waals surface area contributed by atoms with Gasteiger partial charge in [-0.1, -0.05) is 13.8 Å². The van der Waals surface area contributed by atoms with Gasteiger partial charge in [-0.3, -0.25) is 4.79 Å². The minimum absolute atomic E-state index is 0.142. The fourth-order valence-electron chi connectivity index (χ4n) is 1.94. The Labute approximate surface area is 114 Å². The van der Waals surface area contributed by atoms with Crippen molar-refractivity contribution in [2.45, 2.75) is 46.2 Å². The number of hydrogen-bond acceptors (Lipinski definition) is 4. The van der Waals surface area contributed by atoms with Gasteiger partial charge in [0.05, 0.1) is 6.10 Å². The molecule has 1 aliphatic rings. The lowest BCUT2D eigenvalue weighted by Gasteiger charge is -2.43. The first-order valence-electron chi connectivity index (χ1n) is 5.47. The van der Waals surface area contributed by atoms with Gasteiger partial charge in [-0.2, -0.15) is 20.3 Å². The minimum Gasteiger partial charge on any atom is -0.470 e. The molecule has 0 radical (unpaired) electrons. The highest BCUT2D eigenvalue weighted by atomic mass is 127. The van der Waals surface area contributed by atoms with Crippen molar-refractivity contribution in [2.75, 3.05) is 0 Å². The highest BCUT2D eigenvalue weighted by molar-refractivity contribution is 14.1. The van der Waals surface area contributed by atoms with Crippen LogP contribution in [0.25, 0.3) is 0 Å². The largest absolute Gasteiger partial charge is 0.527 e. The molecular formula is C10H18AlIO4. The summed E-state index contributed by atoms with van der Waals surface area (Å²) in [4.78, 5) is 11.1. The molecule has 2 unspecified atom stereocenters. The van der Waals surface area contributed by atoms with Crippen molar-refractivity contribution in [3.8, 4) is 0 Å². The van der Waals surface area contributed by atoms with Gasteiger partial charge in [-0.05, 0) is 12.8 Å². The zero-order chi connectivity index (χ0) is 12.3. The first-order chi connectivity index (χ1) is 7.47. The van der Waals surface area contributed by atoms with E-state index in [-0.39, 0.29) is 30.4 Å². The summed E-state index contributed by atoms with van der Waals surface area (Å²) in [6, 6.07) is 0. The Bertz CT molecular complexity index is 251. The predicted octanol–water partition coefficient (Wildman–Crippen LogP) is 1.65. The molecule has 1 rings (SSSR count). The van der Waals surface area contributed by atoms with Gasteiger partial charge >= 0.3 is 18.2 Å². The smallest absolute Gasteiger partial charge is 0.470 e. The van der Waals surface area contributed by atoms with E-state index in [1.54, 1.807) is 0 Å². The van der Waals surface area contributed by atoms with Crippen molar-refractivity contribution >= 4 is 38.5 Å². The molecule has 1 saturated heterocycles. The first kappa shape index (κ1) is 14.7. The average Bonchev–Trinajstić information content (AvgIpc) is 2.21. The second kappa shape index (κ2) is 6.55. The summed E-state index contributed by atoms with van der Waals surface area (Å²) in [6.07, 6.45) is -0.511. The van der Waals surface area contributed by atoms with Crippen LogP contribution in [0, 0.1) is 11.8 Å². The number of ether oxygens (including phenoxy) is 2. The quantitative estimate of drug-likeness (QED) is 0.438. The Morgan fingerprint density at radius 3 is 2.44 bits per heavy atom. The minimum atomic E-state index is -0.605. The normalized spacial score (nSPS) is 39.2. The van der Waals surface area contributed by atoms with Gasteiger partial charge in [0.1, 0.15) is 0 Å². The van der Waals surface area contributed by atoms with E-state index in [1.165, 1.54) is 6.92 Å². The average molecular weight is 356 g/mol. The van der Waals surface area contributed by atoms with Crippen LogP contribution < -0.4 is 0 Å². The molecule has 6 heteroatoms. The van der Waals surface area contributed by atoms with Gasteiger partial charge in [0.15, 0.2) is 12.4 Å². The van der Waals surface area contributed by atoms with Crippen LogP contribution in [0.2, 0.25) is 0 Å². The van der Waals surface area contributed by atoms with Crippen LogP contribution in [-0.4, -0.2) is 36.7 Å². The zero-order valence-corrected chi connectivity index (χ0v) is 13.7. The molecule has 0 spiro atoms.